The lowest BCUT2D eigenvalue weighted by molar-refractivity contribution is -0.385. The molecule has 0 amide bonds. The zero-order valence-corrected chi connectivity index (χ0v) is 10.9. The van der Waals surface area contributed by atoms with Gasteiger partial charge in [0.2, 0.25) is 5.69 Å². The van der Waals surface area contributed by atoms with Gasteiger partial charge in [0.05, 0.1) is 12.6 Å². The van der Waals surface area contributed by atoms with Gasteiger partial charge in [-0.1, -0.05) is 0 Å². The highest BCUT2D eigenvalue weighted by atomic mass is 35.5. The molecule has 0 aliphatic heterocycles. The Morgan fingerprint density at radius 3 is 2.67 bits per heavy atom. The fourth-order valence-corrected chi connectivity index (χ4v) is 2.12. The standard InChI is InChI=1S/C13H12N2O.ClH.H2O/c1-8-13-11(5-6-14-8)10-4-3-9(16-2)7-12(10)15-13;;/h3-7,15H,1-2H3;1H;1H2. The molecule has 1 aromatic carbocycles. The molecule has 0 aliphatic carbocycles. The number of aromatic amines is 2. The Morgan fingerprint density at radius 1 is 1.17 bits per heavy atom. The molecule has 18 heavy (non-hydrogen) atoms. The van der Waals surface area contributed by atoms with Crippen LogP contribution in [0.2, 0.25) is 0 Å². The van der Waals surface area contributed by atoms with Crippen LogP contribution in [0, 0.1) is 6.92 Å². The van der Waals surface area contributed by atoms with Crippen molar-refractivity contribution in [1.29, 1.82) is 0 Å². The van der Waals surface area contributed by atoms with Crippen LogP contribution in [0.1, 0.15) is 5.69 Å². The summed E-state index contributed by atoms with van der Waals surface area (Å²) in [5.74, 6) is 0.876. The summed E-state index contributed by atoms with van der Waals surface area (Å²) in [6.45, 7) is 2.06. The lowest BCUT2D eigenvalue weighted by atomic mass is 10.1. The highest BCUT2D eigenvalue weighted by Gasteiger charge is 2.09. The summed E-state index contributed by atoms with van der Waals surface area (Å²) in [4.78, 5) is 6.61. The van der Waals surface area contributed by atoms with E-state index >= 15 is 0 Å². The first-order valence-corrected chi connectivity index (χ1v) is 5.26. The van der Waals surface area contributed by atoms with Gasteiger partial charge in [-0.25, -0.2) is 4.98 Å². The molecule has 4 nitrogen and oxygen atoms in total. The Labute approximate surface area is 111 Å². The molecule has 3 aromatic rings. The van der Waals surface area contributed by atoms with Crippen LogP contribution in [0.15, 0.2) is 30.5 Å². The first-order chi connectivity index (χ1) is 7.79. The smallest absolute Gasteiger partial charge is 0.200 e. The van der Waals surface area contributed by atoms with Crippen LogP contribution in [0.3, 0.4) is 0 Å². The molecular weight excluding hydrogens is 252 g/mol. The predicted octanol–water partition coefficient (Wildman–Crippen LogP) is -1.37. The fraction of sp³-hybridized carbons (Fsp3) is 0.154. The number of halogens is 1. The third-order valence-corrected chi connectivity index (χ3v) is 2.97. The van der Waals surface area contributed by atoms with E-state index in [9.17, 15) is 0 Å². The summed E-state index contributed by atoms with van der Waals surface area (Å²) in [7, 11) is 1.68. The van der Waals surface area contributed by atoms with E-state index in [1.165, 1.54) is 10.8 Å². The van der Waals surface area contributed by atoms with Gasteiger partial charge in [-0.05, 0) is 12.1 Å². The van der Waals surface area contributed by atoms with Crippen molar-refractivity contribution in [3.05, 3.63) is 36.2 Å². The molecule has 2 aromatic heterocycles. The molecule has 0 radical (unpaired) electrons. The summed E-state index contributed by atoms with van der Waals surface area (Å²) in [5, 5.41) is 2.47. The zero-order chi connectivity index (χ0) is 11.1. The summed E-state index contributed by atoms with van der Waals surface area (Å²) in [5.41, 5.74) is 3.41. The Balaban J connectivity index is 0.000000810. The van der Waals surface area contributed by atoms with Crippen molar-refractivity contribution in [3.8, 4) is 5.75 Å². The van der Waals surface area contributed by atoms with Crippen LogP contribution in [-0.2, 0) is 0 Å². The molecule has 3 rings (SSSR count). The molecular formula is C13H15ClN2O2. The average molecular weight is 267 g/mol. The number of aromatic nitrogens is 2. The Morgan fingerprint density at radius 2 is 1.94 bits per heavy atom. The summed E-state index contributed by atoms with van der Waals surface area (Å²) >= 11 is 0. The molecule has 0 saturated heterocycles. The number of fused-ring (bicyclic) bond motifs is 3. The Kier molecular flexibility index (Phi) is 4.16. The number of methoxy groups -OCH3 is 1. The second-order valence-electron chi connectivity index (χ2n) is 3.93. The quantitative estimate of drug-likeness (QED) is 0.580. The highest BCUT2D eigenvalue weighted by molar-refractivity contribution is 6.07. The van der Waals surface area contributed by atoms with E-state index in [2.05, 4.69) is 29.0 Å². The Hall–Kier alpha value is -1.78. The molecule has 0 fully saturated rings. The minimum absolute atomic E-state index is 0. The largest absolute Gasteiger partial charge is 1.00 e. The lowest BCUT2D eigenvalue weighted by Crippen LogP contribution is -3.00. The molecule has 4 N–H and O–H groups in total. The van der Waals surface area contributed by atoms with Crippen molar-refractivity contribution in [2.24, 2.45) is 0 Å². The topological polar surface area (TPSA) is 70.7 Å². The van der Waals surface area contributed by atoms with Crippen molar-refractivity contribution >= 4 is 21.8 Å². The molecule has 0 unspecified atom stereocenters. The van der Waals surface area contributed by atoms with E-state index in [-0.39, 0.29) is 17.9 Å². The van der Waals surface area contributed by atoms with Crippen molar-refractivity contribution in [2.45, 2.75) is 6.92 Å². The van der Waals surface area contributed by atoms with Gasteiger partial charge in [-0.15, -0.1) is 0 Å². The number of nitrogens with one attached hydrogen (secondary N) is 2. The Bertz CT molecular complexity index is 679. The number of hydrogen-bond donors (Lipinski definition) is 1. The monoisotopic (exact) mass is 266 g/mol. The number of rotatable bonds is 1. The fourth-order valence-electron chi connectivity index (χ4n) is 2.12. The van der Waals surface area contributed by atoms with Gasteiger partial charge < -0.3 is 27.6 Å². The van der Waals surface area contributed by atoms with Crippen molar-refractivity contribution < 1.29 is 27.6 Å². The average Bonchev–Trinajstić information content (AvgIpc) is 2.68. The number of ether oxygens (including phenoxy) is 1. The number of H-pyrrole nitrogens is 2. The molecule has 0 atom stereocenters. The van der Waals surface area contributed by atoms with Crippen molar-refractivity contribution in [3.63, 3.8) is 0 Å². The van der Waals surface area contributed by atoms with E-state index in [1.54, 1.807) is 7.11 Å². The van der Waals surface area contributed by atoms with Gasteiger partial charge >= 0.3 is 0 Å². The minimum Gasteiger partial charge on any atom is -1.00 e. The number of hydrogen-bond acceptors (Lipinski definition) is 1. The SMILES string of the molecule is COc1ccc2c(c1)[nH]c1c(C)[nH+]ccc12.O.[Cl-]. The molecule has 0 aliphatic rings. The van der Waals surface area contributed by atoms with E-state index < -0.39 is 0 Å². The zero-order valence-electron chi connectivity index (χ0n) is 10.2. The van der Waals surface area contributed by atoms with E-state index in [1.807, 2.05) is 18.3 Å². The summed E-state index contributed by atoms with van der Waals surface area (Å²) in [6.07, 6.45) is 1.97. The molecule has 0 bridgehead atoms. The van der Waals surface area contributed by atoms with Crippen molar-refractivity contribution in [1.82, 2.24) is 4.98 Å². The third kappa shape index (κ3) is 2.00. The van der Waals surface area contributed by atoms with Gasteiger partial charge in [0.1, 0.15) is 11.3 Å². The molecule has 5 heteroatoms. The van der Waals surface area contributed by atoms with Gasteiger partial charge in [0.25, 0.3) is 0 Å². The second kappa shape index (κ2) is 5.25. The van der Waals surface area contributed by atoms with Gasteiger partial charge in [0, 0.05) is 29.8 Å². The molecule has 0 spiro atoms. The molecule has 96 valence electrons. The van der Waals surface area contributed by atoms with Gasteiger partial charge in [-0.2, -0.15) is 0 Å². The first kappa shape index (κ1) is 14.3. The number of benzene rings is 1. The molecule has 0 saturated carbocycles. The lowest BCUT2D eigenvalue weighted by Gasteiger charge is -1.97. The van der Waals surface area contributed by atoms with Crippen LogP contribution < -0.4 is 22.1 Å². The van der Waals surface area contributed by atoms with E-state index in [0.29, 0.717) is 0 Å². The predicted molar refractivity (Wildman–Crippen MR) is 67.3 cm³/mol. The highest BCUT2D eigenvalue weighted by Crippen LogP contribution is 2.28. The van der Waals surface area contributed by atoms with Gasteiger partial charge in [-0.3, -0.25) is 0 Å². The number of pyridine rings is 1. The van der Waals surface area contributed by atoms with Crippen LogP contribution in [0.5, 0.6) is 5.75 Å². The third-order valence-electron chi connectivity index (χ3n) is 2.97. The van der Waals surface area contributed by atoms with E-state index in [4.69, 9.17) is 4.74 Å². The van der Waals surface area contributed by atoms with Crippen molar-refractivity contribution in [2.75, 3.05) is 7.11 Å². The van der Waals surface area contributed by atoms with Crippen LogP contribution in [0.4, 0.5) is 0 Å². The summed E-state index contributed by atoms with van der Waals surface area (Å²) < 4.78 is 5.22. The molecule has 2 heterocycles. The van der Waals surface area contributed by atoms with E-state index in [0.717, 1.165) is 22.5 Å². The number of aryl methyl sites for hydroxylation is 1. The summed E-state index contributed by atoms with van der Waals surface area (Å²) in [6, 6.07) is 8.19. The van der Waals surface area contributed by atoms with Crippen LogP contribution in [-0.4, -0.2) is 17.6 Å². The minimum atomic E-state index is 0. The maximum atomic E-state index is 5.22. The van der Waals surface area contributed by atoms with Crippen LogP contribution in [0.25, 0.3) is 21.8 Å². The normalized spacial score (nSPS) is 9.89. The van der Waals surface area contributed by atoms with Crippen LogP contribution >= 0.6 is 0 Å². The van der Waals surface area contributed by atoms with Gasteiger partial charge in [0.15, 0.2) is 6.20 Å². The maximum Gasteiger partial charge on any atom is 0.200 e. The second-order valence-corrected chi connectivity index (χ2v) is 3.93. The first-order valence-electron chi connectivity index (χ1n) is 5.26. The maximum absolute atomic E-state index is 5.22.